The monoisotopic (exact) mass is 311 g/mol. The molecule has 4 rings (SSSR count). The van der Waals surface area contributed by atoms with E-state index in [2.05, 4.69) is 41.4 Å². The lowest BCUT2D eigenvalue weighted by atomic mass is 10.1. The zero-order chi connectivity index (χ0) is 16.4. The minimum Gasteiger partial charge on any atom is -0.236 e. The van der Waals surface area contributed by atoms with Gasteiger partial charge in [0.15, 0.2) is 5.65 Å². The van der Waals surface area contributed by atoms with Gasteiger partial charge in [0.25, 0.3) is 0 Å². The Hall–Kier alpha value is -3.20. The molecule has 4 aromatic rings. The van der Waals surface area contributed by atoms with Gasteiger partial charge in [-0.05, 0) is 30.2 Å². The Kier molecular flexibility index (Phi) is 3.67. The fourth-order valence-corrected chi connectivity index (χ4v) is 2.88. The van der Waals surface area contributed by atoms with Crippen molar-refractivity contribution in [3.63, 3.8) is 0 Å². The quantitative estimate of drug-likeness (QED) is 0.540. The highest BCUT2D eigenvalue weighted by Crippen LogP contribution is 2.27. The van der Waals surface area contributed by atoms with Gasteiger partial charge in [-0.25, -0.2) is 9.50 Å². The fraction of sp³-hybridized carbons (Fsp3) is 0.0476. The molecule has 0 saturated carbocycles. The average Bonchev–Trinajstić information content (AvgIpc) is 2.98. The number of nitrogens with zero attached hydrogens (tertiary/aromatic N) is 3. The largest absolute Gasteiger partial charge is 0.236 e. The average molecular weight is 311 g/mol. The summed E-state index contributed by atoms with van der Waals surface area (Å²) in [5.74, 6) is 0. The van der Waals surface area contributed by atoms with E-state index in [9.17, 15) is 0 Å². The first kappa shape index (κ1) is 14.4. The summed E-state index contributed by atoms with van der Waals surface area (Å²) in [5, 5.41) is 4.70. The van der Waals surface area contributed by atoms with E-state index in [0.29, 0.717) is 0 Å². The van der Waals surface area contributed by atoms with E-state index in [-0.39, 0.29) is 0 Å². The Morgan fingerprint density at radius 1 is 0.833 bits per heavy atom. The molecule has 0 spiro atoms. The van der Waals surface area contributed by atoms with Gasteiger partial charge in [0.2, 0.25) is 0 Å². The molecule has 2 aromatic heterocycles. The predicted octanol–water partition coefficient (Wildman–Crippen LogP) is 4.88. The third-order valence-electron chi connectivity index (χ3n) is 4.03. The number of aryl methyl sites for hydroxylation is 1. The van der Waals surface area contributed by atoms with Crippen LogP contribution in [0.25, 0.3) is 28.9 Å². The molecule has 0 N–H and O–H groups in total. The van der Waals surface area contributed by atoms with Crippen LogP contribution in [-0.4, -0.2) is 14.6 Å². The molecule has 3 heteroatoms. The molecular formula is C21H17N3. The van der Waals surface area contributed by atoms with Crippen LogP contribution >= 0.6 is 0 Å². The van der Waals surface area contributed by atoms with Crippen molar-refractivity contribution in [3.8, 4) is 11.1 Å². The van der Waals surface area contributed by atoms with Crippen molar-refractivity contribution in [2.75, 3.05) is 0 Å². The standard InChI is InChI=1S/C21H17N3/c1-16-20(18-10-6-3-7-11-18)21-22-15-14-19(24(21)23-16)13-12-17-8-4-2-5-9-17/h2-15H,1H3/b13-12+. The molecule has 0 unspecified atom stereocenters. The maximum atomic E-state index is 4.70. The third kappa shape index (κ3) is 2.61. The van der Waals surface area contributed by atoms with Gasteiger partial charge < -0.3 is 0 Å². The zero-order valence-corrected chi connectivity index (χ0v) is 13.4. The van der Waals surface area contributed by atoms with E-state index in [4.69, 9.17) is 5.10 Å². The lowest BCUT2D eigenvalue weighted by Gasteiger charge is -2.01. The summed E-state index contributed by atoms with van der Waals surface area (Å²) in [4.78, 5) is 4.56. The fourth-order valence-electron chi connectivity index (χ4n) is 2.88. The van der Waals surface area contributed by atoms with Gasteiger partial charge in [0.1, 0.15) is 0 Å². The molecule has 0 aliphatic carbocycles. The first-order valence-electron chi connectivity index (χ1n) is 7.96. The van der Waals surface area contributed by atoms with Gasteiger partial charge in [-0.1, -0.05) is 66.7 Å². The van der Waals surface area contributed by atoms with Crippen LogP contribution in [-0.2, 0) is 0 Å². The molecule has 116 valence electrons. The molecule has 0 atom stereocenters. The lowest BCUT2D eigenvalue weighted by molar-refractivity contribution is 0.906. The van der Waals surface area contributed by atoms with Gasteiger partial charge in [-0.2, -0.15) is 5.10 Å². The Morgan fingerprint density at radius 3 is 2.29 bits per heavy atom. The maximum Gasteiger partial charge on any atom is 0.163 e. The molecule has 0 fully saturated rings. The first-order valence-corrected chi connectivity index (χ1v) is 7.96. The van der Waals surface area contributed by atoms with Crippen LogP contribution in [0.1, 0.15) is 17.0 Å². The third-order valence-corrected chi connectivity index (χ3v) is 4.03. The number of aromatic nitrogens is 3. The second-order valence-corrected chi connectivity index (χ2v) is 5.68. The molecule has 0 bridgehead atoms. The van der Waals surface area contributed by atoms with E-state index in [0.717, 1.165) is 33.7 Å². The lowest BCUT2D eigenvalue weighted by Crippen LogP contribution is -1.95. The topological polar surface area (TPSA) is 30.2 Å². The van der Waals surface area contributed by atoms with Crippen LogP contribution in [0.3, 0.4) is 0 Å². The van der Waals surface area contributed by atoms with Crippen molar-refractivity contribution in [1.29, 1.82) is 0 Å². The molecule has 0 radical (unpaired) electrons. The summed E-state index contributed by atoms with van der Waals surface area (Å²) < 4.78 is 1.91. The van der Waals surface area contributed by atoms with E-state index in [1.165, 1.54) is 0 Å². The number of hydrogen-bond acceptors (Lipinski definition) is 2. The SMILES string of the molecule is Cc1nn2c(/C=C/c3ccccc3)ccnc2c1-c1ccccc1. The van der Waals surface area contributed by atoms with Gasteiger partial charge in [0.05, 0.1) is 11.4 Å². The van der Waals surface area contributed by atoms with Crippen molar-refractivity contribution in [2.24, 2.45) is 0 Å². The molecule has 0 amide bonds. The Balaban J connectivity index is 1.83. The number of fused-ring (bicyclic) bond motifs is 1. The molecule has 0 aliphatic heterocycles. The maximum absolute atomic E-state index is 4.70. The second-order valence-electron chi connectivity index (χ2n) is 5.68. The second kappa shape index (κ2) is 6.13. The first-order chi connectivity index (χ1) is 11.8. The number of rotatable bonds is 3. The molecule has 0 aliphatic rings. The highest BCUT2D eigenvalue weighted by Gasteiger charge is 2.13. The predicted molar refractivity (Wildman–Crippen MR) is 98.5 cm³/mol. The molecule has 3 nitrogen and oxygen atoms in total. The Morgan fingerprint density at radius 2 is 1.54 bits per heavy atom. The minimum absolute atomic E-state index is 0.883. The summed E-state index contributed by atoms with van der Waals surface area (Å²) in [7, 11) is 0. The molecule has 2 aromatic carbocycles. The van der Waals surface area contributed by atoms with Gasteiger partial charge >= 0.3 is 0 Å². The Labute approximate surface area is 140 Å². The van der Waals surface area contributed by atoms with Crippen molar-refractivity contribution in [2.45, 2.75) is 6.92 Å². The van der Waals surface area contributed by atoms with Crippen LogP contribution in [0, 0.1) is 6.92 Å². The Bertz CT molecular complexity index is 999. The van der Waals surface area contributed by atoms with Crippen molar-refractivity contribution in [1.82, 2.24) is 14.6 Å². The van der Waals surface area contributed by atoms with Crippen LogP contribution in [0.5, 0.6) is 0 Å². The van der Waals surface area contributed by atoms with E-state index < -0.39 is 0 Å². The van der Waals surface area contributed by atoms with Gasteiger partial charge in [-0.3, -0.25) is 0 Å². The number of hydrogen-bond donors (Lipinski definition) is 0. The summed E-state index contributed by atoms with van der Waals surface area (Å²) in [6.45, 7) is 2.03. The number of benzene rings is 2. The molecule has 24 heavy (non-hydrogen) atoms. The molecule has 2 heterocycles. The molecular weight excluding hydrogens is 294 g/mol. The summed E-state index contributed by atoms with van der Waals surface area (Å²) >= 11 is 0. The summed E-state index contributed by atoms with van der Waals surface area (Å²) in [6.07, 6.45) is 6.01. The van der Waals surface area contributed by atoms with Crippen LogP contribution in [0.2, 0.25) is 0 Å². The zero-order valence-electron chi connectivity index (χ0n) is 13.4. The minimum atomic E-state index is 0.883. The van der Waals surface area contributed by atoms with E-state index in [1.807, 2.05) is 60.1 Å². The van der Waals surface area contributed by atoms with Crippen molar-refractivity contribution in [3.05, 3.63) is 89.9 Å². The summed E-state index contributed by atoms with van der Waals surface area (Å²) in [6, 6.07) is 22.5. The van der Waals surface area contributed by atoms with Gasteiger partial charge in [-0.15, -0.1) is 0 Å². The van der Waals surface area contributed by atoms with E-state index in [1.54, 1.807) is 0 Å². The highest BCUT2D eigenvalue weighted by atomic mass is 15.3. The van der Waals surface area contributed by atoms with Crippen molar-refractivity contribution < 1.29 is 0 Å². The summed E-state index contributed by atoms with van der Waals surface area (Å²) in [5.41, 5.74) is 6.26. The van der Waals surface area contributed by atoms with Crippen LogP contribution in [0.15, 0.2) is 72.9 Å². The smallest absolute Gasteiger partial charge is 0.163 e. The van der Waals surface area contributed by atoms with Crippen molar-refractivity contribution >= 4 is 17.8 Å². The van der Waals surface area contributed by atoms with Crippen LogP contribution in [0.4, 0.5) is 0 Å². The van der Waals surface area contributed by atoms with E-state index >= 15 is 0 Å². The highest BCUT2D eigenvalue weighted by molar-refractivity contribution is 5.81. The van der Waals surface area contributed by atoms with Gasteiger partial charge in [0, 0.05) is 11.8 Å². The normalized spacial score (nSPS) is 11.4. The molecule has 0 saturated heterocycles. The van der Waals surface area contributed by atoms with Crippen LogP contribution < -0.4 is 0 Å².